The number of hydrogen-bond donors (Lipinski definition) is 1. The highest BCUT2D eigenvalue weighted by atomic mass is 16.1. The molecule has 0 aromatic rings. The Labute approximate surface area is 86.9 Å². The molecule has 0 aromatic carbocycles. The molecule has 1 rings (SSSR count). The minimum atomic E-state index is 0.172. The molecule has 1 fully saturated rings. The molecule has 0 aliphatic carbocycles. The van der Waals surface area contributed by atoms with E-state index in [0.717, 1.165) is 19.5 Å². The molecule has 1 unspecified atom stereocenters. The monoisotopic (exact) mass is 198 g/mol. The van der Waals surface area contributed by atoms with Gasteiger partial charge in [-0.15, -0.1) is 0 Å². The van der Waals surface area contributed by atoms with Crippen LogP contribution in [-0.2, 0) is 4.79 Å². The van der Waals surface area contributed by atoms with Crippen molar-refractivity contribution in [3.63, 3.8) is 0 Å². The van der Waals surface area contributed by atoms with Crippen LogP contribution in [0.2, 0.25) is 0 Å². The lowest BCUT2D eigenvalue weighted by atomic mass is 10.1. The molecule has 1 amide bonds. The fraction of sp³-hybridized carbons (Fsp3) is 0.909. The Balaban J connectivity index is 2.38. The van der Waals surface area contributed by atoms with Gasteiger partial charge in [0.1, 0.15) is 0 Å². The van der Waals surface area contributed by atoms with Crippen LogP contribution in [0.4, 0.5) is 0 Å². The van der Waals surface area contributed by atoms with Crippen LogP contribution in [-0.4, -0.2) is 35.5 Å². The highest BCUT2D eigenvalue weighted by molar-refractivity contribution is 5.75. The lowest BCUT2D eigenvalue weighted by Crippen LogP contribution is -2.43. The van der Waals surface area contributed by atoms with E-state index in [1.54, 1.807) is 0 Å². The zero-order valence-corrected chi connectivity index (χ0v) is 9.76. The SMILES string of the molecule is CCC(=O)NC1CCN(C(C)(C)C)C1. The molecule has 0 aromatic heterocycles. The van der Waals surface area contributed by atoms with Crippen molar-refractivity contribution in [1.82, 2.24) is 10.2 Å². The van der Waals surface area contributed by atoms with Gasteiger partial charge in [0.2, 0.25) is 5.91 Å². The van der Waals surface area contributed by atoms with Crippen LogP contribution >= 0.6 is 0 Å². The Morgan fingerprint density at radius 2 is 2.14 bits per heavy atom. The average Bonchev–Trinajstić information content (AvgIpc) is 2.51. The maximum atomic E-state index is 11.2. The Bertz CT molecular complexity index is 208. The van der Waals surface area contributed by atoms with E-state index in [-0.39, 0.29) is 11.4 Å². The summed E-state index contributed by atoms with van der Waals surface area (Å²) in [6.07, 6.45) is 1.68. The van der Waals surface area contributed by atoms with Crippen molar-refractivity contribution in [2.75, 3.05) is 13.1 Å². The smallest absolute Gasteiger partial charge is 0.219 e. The summed E-state index contributed by atoms with van der Waals surface area (Å²) in [6.45, 7) is 10.6. The largest absolute Gasteiger partial charge is 0.352 e. The molecule has 1 saturated heterocycles. The number of carbonyl (C=O) groups excluding carboxylic acids is 1. The average molecular weight is 198 g/mol. The summed E-state index contributed by atoms with van der Waals surface area (Å²) in [5.41, 5.74) is 0.228. The summed E-state index contributed by atoms with van der Waals surface area (Å²) in [7, 11) is 0. The zero-order valence-electron chi connectivity index (χ0n) is 9.76. The third kappa shape index (κ3) is 2.98. The van der Waals surface area contributed by atoms with Gasteiger partial charge in [-0.25, -0.2) is 0 Å². The molecular formula is C11H22N2O. The second-order valence-electron chi connectivity index (χ2n) is 5.02. The first-order chi connectivity index (χ1) is 6.43. The summed E-state index contributed by atoms with van der Waals surface area (Å²) >= 11 is 0. The highest BCUT2D eigenvalue weighted by Crippen LogP contribution is 2.20. The third-order valence-electron chi connectivity index (χ3n) is 2.82. The van der Waals surface area contributed by atoms with Gasteiger partial charge >= 0.3 is 0 Å². The molecule has 0 saturated carbocycles. The molecule has 14 heavy (non-hydrogen) atoms. The maximum Gasteiger partial charge on any atom is 0.219 e. The third-order valence-corrected chi connectivity index (χ3v) is 2.82. The number of hydrogen-bond acceptors (Lipinski definition) is 2. The summed E-state index contributed by atoms with van der Waals surface area (Å²) in [5.74, 6) is 0.172. The Morgan fingerprint density at radius 3 is 2.57 bits per heavy atom. The maximum absolute atomic E-state index is 11.2. The van der Waals surface area contributed by atoms with Crippen LogP contribution < -0.4 is 5.32 Å². The number of rotatable bonds is 2. The molecule has 1 heterocycles. The van der Waals surface area contributed by atoms with Gasteiger partial charge in [0.15, 0.2) is 0 Å². The number of carbonyl (C=O) groups is 1. The van der Waals surface area contributed by atoms with Gasteiger partial charge < -0.3 is 5.32 Å². The van der Waals surface area contributed by atoms with Crippen LogP contribution in [0.1, 0.15) is 40.5 Å². The van der Waals surface area contributed by atoms with Crippen LogP contribution in [0, 0.1) is 0 Å². The van der Waals surface area contributed by atoms with Crippen LogP contribution in [0.3, 0.4) is 0 Å². The number of likely N-dealkylation sites (tertiary alicyclic amines) is 1. The van der Waals surface area contributed by atoms with Crippen LogP contribution in [0.15, 0.2) is 0 Å². The summed E-state index contributed by atoms with van der Waals surface area (Å²) in [6, 6.07) is 0.363. The van der Waals surface area contributed by atoms with Crippen molar-refractivity contribution < 1.29 is 4.79 Å². The van der Waals surface area contributed by atoms with Gasteiger partial charge in [-0.3, -0.25) is 9.69 Å². The Morgan fingerprint density at radius 1 is 1.50 bits per heavy atom. The van der Waals surface area contributed by atoms with Crippen molar-refractivity contribution in [3.05, 3.63) is 0 Å². The minimum absolute atomic E-state index is 0.172. The van der Waals surface area contributed by atoms with E-state index in [1.807, 2.05) is 6.92 Å². The Hall–Kier alpha value is -0.570. The number of nitrogens with zero attached hydrogens (tertiary/aromatic N) is 1. The first kappa shape index (κ1) is 11.5. The predicted molar refractivity (Wildman–Crippen MR) is 58.2 cm³/mol. The number of nitrogens with one attached hydrogen (secondary N) is 1. The van der Waals surface area contributed by atoms with E-state index in [9.17, 15) is 4.79 Å². The van der Waals surface area contributed by atoms with E-state index in [4.69, 9.17) is 0 Å². The van der Waals surface area contributed by atoms with Crippen molar-refractivity contribution in [3.8, 4) is 0 Å². The standard InChI is InChI=1S/C11H22N2O/c1-5-10(14)12-9-6-7-13(8-9)11(2,3)4/h9H,5-8H2,1-4H3,(H,12,14). The molecule has 1 N–H and O–H groups in total. The molecule has 1 atom stereocenters. The van der Waals surface area contributed by atoms with Crippen LogP contribution in [0.25, 0.3) is 0 Å². The van der Waals surface area contributed by atoms with E-state index in [1.165, 1.54) is 0 Å². The van der Waals surface area contributed by atoms with Gasteiger partial charge in [-0.2, -0.15) is 0 Å². The van der Waals surface area contributed by atoms with Gasteiger partial charge in [0, 0.05) is 31.1 Å². The molecule has 3 heteroatoms. The van der Waals surface area contributed by atoms with Crippen molar-refractivity contribution in [1.29, 1.82) is 0 Å². The normalized spacial score (nSPS) is 23.9. The first-order valence-electron chi connectivity index (χ1n) is 5.48. The van der Waals surface area contributed by atoms with Crippen LogP contribution in [0.5, 0.6) is 0 Å². The summed E-state index contributed by atoms with van der Waals surface area (Å²) in [5, 5.41) is 3.05. The van der Waals surface area contributed by atoms with Gasteiger partial charge in [-0.05, 0) is 27.2 Å². The second kappa shape index (κ2) is 4.30. The lowest BCUT2D eigenvalue weighted by molar-refractivity contribution is -0.121. The molecule has 0 spiro atoms. The van der Waals surface area contributed by atoms with Crippen molar-refractivity contribution in [2.45, 2.75) is 52.1 Å². The molecule has 0 bridgehead atoms. The van der Waals surface area contributed by atoms with Gasteiger partial charge in [0.25, 0.3) is 0 Å². The molecular weight excluding hydrogens is 176 g/mol. The first-order valence-corrected chi connectivity index (χ1v) is 5.48. The fourth-order valence-corrected chi connectivity index (χ4v) is 1.82. The summed E-state index contributed by atoms with van der Waals surface area (Å²) in [4.78, 5) is 13.6. The van der Waals surface area contributed by atoms with E-state index in [2.05, 4.69) is 31.0 Å². The van der Waals surface area contributed by atoms with Crippen molar-refractivity contribution in [2.24, 2.45) is 0 Å². The molecule has 1 aliphatic heterocycles. The van der Waals surface area contributed by atoms with E-state index >= 15 is 0 Å². The molecule has 3 nitrogen and oxygen atoms in total. The second-order valence-corrected chi connectivity index (χ2v) is 5.02. The molecule has 0 radical (unpaired) electrons. The molecule has 82 valence electrons. The van der Waals surface area contributed by atoms with Crippen molar-refractivity contribution >= 4 is 5.91 Å². The quantitative estimate of drug-likeness (QED) is 0.727. The lowest BCUT2D eigenvalue weighted by Gasteiger charge is -2.31. The van der Waals surface area contributed by atoms with E-state index < -0.39 is 0 Å². The van der Waals surface area contributed by atoms with Gasteiger partial charge in [0.05, 0.1) is 0 Å². The van der Waals surface area contributed by atoms with E-state index in [0.29, 0.717) is 12.5 Å². The fourth-order valence-electron chi connectivity index (χ4n) is 1.82. The van der Waals surface area contributed by atoms with Gasteiger partial charge in [-0.1, -0.05) is 6.92 Å². The highest BCUT2D eigenvalue weighted by Gasteiger charge is 2.30. The predicted octanol–water partition coefficient (Wildman–Crippen LogP) is 1.39. The summed E-state index contributed by atoms with van der Waals surface area (Å²) < 4.78 is 0. The Kier molecular flexibility index (Phi) is 3.53. The minimum Gasteiger partial charge on any atom is -0.352 e. The molecule has 1 aliphatic rings. The number of amides is 1. The zero-order chi connectivity index (χ0) is 10.8. The topological polar surface area (TPSA) is 32.3 Å².